The topological polar surface area (TPSA) is 125 Å². The van der Waals surface area contributed by atoms with E-state index in [1.807, 2.05) is 13.8 Å². The second kappa shape index (κ2) is 7.26. The molecule has 0 bridgehead atoms. The summed E-state index contributed by atoms with van der Waals surface area (Å²) < 4.78 is 29.9. The first-order valence-electron chi connectivity index (χ1n) is 8.14. The molecule has 0 spiro atoms. The van der Waals surface area contributed by atoms with Gasteiger partial charge in [0.05, 0.1) is 23.1 Å². The summed E-state index contributed by atoms with van der Waals surface area (Å²) in [6, 6.07) is 6.63. The Morgan fingerprint density at radius 1 is 1.19 bits per heavy atom. The van der Waals surface area contributed by atoms with Crippen LogP contribution in [-0.2, 0) is 23.1 Å². The van der Waals surface area contributed by atoms with Crippen molar-refractivity contribution >= 4 is 26.9 Å². The van der Waals surface area contributed by atoms with E-state index in [1.165, 1.54) is 12.1 Å². The SMILES string of the molecule is CCOc1nc(NCc2ccc(S(N)(=O)=O)cc2)c2cnn(CC)c2n1. The Bertz CT molecular complexity index is 1010. The van der Waals surface area contributed by atoms with Gasteiger partial charge in [-0.15, -0.1) is 0 Å². The van der Waals surface area contributed by atoms with Gasteiger partial charge in [0, 0.05) is 13.1 Å². The number of nitrogens with one attached hydrogen (secondary N) is 1. The van der Waals surface area contributed by atoms with Gasteiger partial charge in [-0.1, -0.05) is 12.1 Å². The summed E-state index contributed by atoms with van der Waals surface area (Å²) in [6.07, 6.45) is 1.71. The quantitative estimate of drug-likeness (QED) is 0.640. The van der Waals surface area contributed by atoms with Crippen LogP contribution in [-0.4, -0.2) is 34.8 Å². The van der Waals surface area contributed by atoms with Crippen LogP contribution in [0.5, 0.6) is 6.01 Å². The van der Waals surface area contributed by atoms with Crippen LogP contribution in [0.25, 0.3) is 11.0 Å². The van der Waals surface area contributed by atoms with Crippen LogP contribution in [0.1, 0.15) is 19.4 Å². The molecule has 0 aliphatic carbocycles. The van der Waals surface area contributed by atoms with Crippen molar-refractivity contribution in [3.8, 4) is 6.01 Å². The molecule has 2 heterocycles. The van der Waals surface area contributed by atoms with Gasteiger partial charge in [0.15, 0.2) is 5.65 Å². The molecule has 1 aromatic carbocycles. The van der Waals surface area contributed by atoms with E-state index in [1.54, 1.807) is 23.0 Å². The zero-order valence-corrected chi connectivity index (χ0v) is 15.3. The van der Waals surface area contributed by atoms with Crippen LogP contribution in [0.15, 0.2) is 35.4 Å². The minimum absolute atomic E-state index is 0.0773. The highest BCUT2D eigenvalue weighted by molar-refractivity contribution is 7.89. The maximum atomic E-state index is 11.3. The first-order valence-corrected chi connectivity index (χ1v) is 9.69. The van der Waals surface area contributed by atoms with Crippen LogP contribution in [0.3, 0.4) is 0 Å². The molecule has 0 saturated heterocycles. The number of hydrogen-bond acceptors (Lipinski definition) is 7. The smallest absolute Gasteiger partial charge is 0.320 e. The average Bonchev–Trinajstić information content (AvgIpc) is 3.02. The number of nitrogens with two attached hydrogens (primary N) is 1. The molecule has 2 aromatic heterocycles. The van der Waals surface area contributed by atoms with E-state index in [2.05, 4.69) is 20.4 Å². The Morgan fingerprint density at radius 3 is 2.54 bits per heavy atom. The third-order valence-electron chi connectivity index (χ3n) is 3.76. The molecule has 0 radical (unpaired) electrons. The number of ether oxygens (including phenoxy) is 1. The third kappa shape index (κ3) is 3.75. The lowest BCUT2D eigenvalue weighted by Gasteiger charge is -2.10. The van der Waals surface area contributed by atoms with Gasteiger partial charge in [0.2, 0.25) is 10.0 Å². The Labute approximate surface area is 151 Å². The van der Waals surface area contributed by atoms with Crippen LogP contribution in [0, 0.1) is 0 Å². The molecule has 0 fully saturated rings. The summed E-state index contributed by atoms with van der Waals surface area (Å²) in [5.74, 6) is 0.605. The van der Waals surface area contributed by atoms with Crippen molar-refractivity contribution in [3.63, 3.8) is 0 Å². The fourth-order valence-electron chi connectivity index (χ4n) is 2.48. The predicted octanol–water partition coefficient (Wildman–Crippen LogP) is 1.50. The van der Waals surface area contributed by atoms with Crippen LogP contribution in [0.2, 0.25) is 0 Å². The molecular formula is C16H20N6O3S. The molecule has 26 heavy (non-hydrogen) atoms. The number of sulfonamides is 1. The molecule has 0 aliphatic rings. The van der Waals surface area contributed by atoms with Crippen molar-refractivity contribution in [2.75, 3.05) is 11.9 Å². The number of anilines is 1. The van der Waals surface area contributed by atoms with Gasteiger partial charge in [-0.2, -0.15) is 15.1 Å². The number of benzene rings is 1. The summed E-state index contributed by atoms with van der Waals surface area (Å²) in [5, 5.41) is 13.4. The lowest BCUT2D eigenvalue weighted by molar-refractivity contribution is 0.314. The molecule has 3 rings (SSSR count). The van der Waals surface area contributed by atoms with Crippen LogP contribution >= 0.6 is 0 Å². The molecule has 0 aliphatic heterocycles. The summed E-state index contributed by atoms with van der Waals surface area (Å²) in [5.41, 5.74) is 1.57. The van der Waals surface area contributed by atoms with Crippen molar-refractivity contribution < 1.29 is 13.2 Å². The fourth-order valence-corrected chi connectivity index (χ4v) is 2.99. The fraction of sp³-hybridized carbons (Fsp3) is 0.312. The summed E-state index contributed by atoms with van der Waals surface area (Å²) in [4.78, 5) is 8.87. The second-order valence-electron chi connectivity index (χ2n) is 5.53. The maximum Gasteiger partial charge on any atom is 0.320 e. The van der Waals surface area contributed by atoms with E-state index in [4.69, 9.17) is 9.88 Å². The minimum Gasteiger partial charge on any atom is -0.464 e. The molecule has 0 atom stereocenters. The minimum atomic E-state index is -3.70. The van der Waals surface area contributed by atoms with Crippen molar-refractivity contribution in [1.29, 1.82) is 0 Å². The second-order valence-corrected chi connectivity index (χ2v) is 7.09. The molecule has 3 aromatic rings. The van der Waals surface area contributed by atoms with E-state index >= 15 is 0 Å². The summed E-state index contributed by atoms with van der Waals surface area (Å²) >= 11 is 0. The number of hydrogen-bond donors (Lipinski definition) is 2. The molecule has 0 saturated carbocycles. The van der Waals surface area contributed by atoms with Crippen molar-refractivity contribution in [2.24, 2.45) is 5.14 Å². The van der Waals surface area contributed by atoms with Crippen molar-refractivity contribution in [3.05, 3.63) is 36.0 Å². The largest absolute Gasteiger partial charge is 0.464 e. The van der Waals surface area contributed by atoms with E-state index in [-0.39, 0.29) is 10.9 Å². The molecule has 9 nitrogen and oxygen atoms in total. The van der Waals surface area contributed by atoms with Gasteiger partial charge in [0.1, 0.15) is 5.82 Å². The van der Waals surface area contributed by atoms with Crippen molar-refractivity contribution in [1.82, 2.24) is 19.7 Å². The Balaban J connectivity index is 1.87. The number of fused-ring (bicyclic) bond motifs is 1. The van der Waals surface area contributed by atoms with Gasteiger partial charge < -0.3 is 10.1 Å². The molecule has 0 unspecified atom stereocenters. The van der Waals surface area contributed by atoms with Crippen molar-refractivity contribution in [2.45, 2.75) is 31.8 Å². The van der Waals surface area contributed by atoms with Gasteiger partial charge in [0.25, 0.3) is 0 Å². The molecule has 3 N–H and O–H groups in total. The monoisotopic (exact) mass is 376 g/mol. The molecule has 0 amide bonds. The summed E-state index contributed by atoms with van der Waals surface area (Å²) in [7, 11) is -3.70. The van der Waals surface area contributed by atoms with Gasteiger partial charge in [-0.05, 0) is 31.5 Å². The van der Waals surface area contributed by atoms with Gasteiger partial charge in [-0.3, -0.25) is 0 Å². The van der Waals surface area contributed by atoms with E-state index in [0.29, 0.717) is 31.2 Å². The predicted molar refractivity (Wildman–Crippen MR) is 97.3 cm³/mol. The average molecular weight is 376 g/mol. The first kappa shape index (κ1) is 18.1. The molecule has 10 heteroatoms. The highest BCUT2D eigenvalue weighted by Gasteiger charge is 2.13. The number of rotatable bonds is 7. The maximum absolute atomic E-state index is 11.3. The molecule has 138 valence electrons. The third-order valence-corrected chi connectivity index (χ3v) is 4.69. The number of primary sulfonamides is 1. The number of aryl methyl sites for hydroxylation is 1. The Morgan fingerprint density at radius 2 is 1.92 bits per heavy atom. The normalized spacial score (nSPS) is 11.7. The standard InChI is InChI=1S/C16H20N6O3S/c1-3-22-15-13(10-19-22)14(20-16(21-15)25-4-2)18-9-11-5-7-12(8-6-11)26(17,23)24/h5-8,10H,3-4,9H2,1-2H3,(H2,17,23,24)(H,18,20,21). The highest BCUT2D eigenvalue weighted by Crippen LogP contribution is 2.23. The highest BCUT2D eigenvalue weighted by atomic mass is 32.2. The lowest BCUT2D eigenvalue weighted by atomic mass is 10.2. The zero-order chi connectivity index (χ0) is 18.7. The Kier molecular flexibility index (Phi) is 5.05. The zero-order valence-electron chi connectivity index (χ0n) is 14.5. The first-order chi connectivity index (χ1) is 12.4. The van der Waals surface area contributed by atoms with Crippen LogP contribution in [0.4, 0.5) is 5.82 Å². The van der Waals surface area contributed by atoms with E-state index in [9.17, 15) is 8.42 Å². The lowest BCUT2D eigenvalue weighted by Crippen LogP contribution is -2.12. The van der Waals surface area contributed by atoms with E-state index < -0.39 is 10.0 Å². The van der Waals surface area contributed by atoms with Crippen LogP contribution < -0.4 is 15.2 Å². The van der Waals surface area contributed by atoms with Gasteiger partial charge in [-0.25, -0.2) is 18.2 Å². The van der Waals surface area contributed by atoms with Gasteiger partial charge >= 0.3 is 6.01 Å². The number of nitrogens with zero attached hydrogens (tertiary/aromatic N) is 4. The van der Waals surface area contributed by atoms with E-state index in [0.717, 1.165) is 10.9 Å². The number of aromatic nitrogens is 4. The summed E-state index contributed by atoms with van der Waals surface area (Å²) in [6.45, 7) is 5.43. The Hall–Kier alpha value is -2.72. The molecular weight excluding hydrogens is 356 g/mol.